The summed E-state index contributed by atoms with van der Waals surface area (Å²) in [7, 11) is 0. The van der Waals surface area contributed by atoms with E-state index in [2.05, 4.69) is 6.58 Å². The fourth-order valence-corrected chi connectivity index (χ4v) is 1.40. The molecule has 0 spiro atoms. The average molecular weight is 183 g/mol. The number of allylic oxidation sites excluding steroid dienone is 4. The van der Waals surface area contributed by atoms with Gasteiger partial charge >= 0.3 is 18.9 Å². The van der Waals surface area contributed by atoms with E-state index in [0.717, 1.165) is 4.88 Å². The Hall–Kier alpha value is -0.683. The van der Waals surface area contributed by atoms with E-state index in [1.54, 1.807) is 23.5 Å². The van der Waals surface area contributed by atoms with Crippen LogP contribution < -0.4 is 18.9 Å². The molecule has 1 rings (SSSR count). The normalized spacial score (nSPS) is 11.2. The van der Waals surface area contributed by atoms with E-state index in [1.165, 1.54) is 0 Å². The molecule has 0 bridgehead atoms. The van der Waals surface area contributed by atoms with Crippen molar-refractivity contribution in [3.05, 3.63) is 59.0 Å². The molecular formula is C10H10LiNS. The van der Waals surface area contributed by atoms with Gasteiger partial charge in [0, 0.05) is 4.88 Å². The Labute approximate surface area is 94.8 Å². The van der Waals surface area contributed by atoms with Crippen LogP contribution in [-0.4, -0.2) is 0 Å². The van der Waals surface area contributed by atoms with Crippen LogP contribution in [0.2, 0.25) is 0 Å². The van der Waals surface area contributed by atoms with Crippen molar-refractivity contribution in [2.24, 2.45) is 0 Å². The molecule has 0 aliphatic heterocycles. The summed E-state index contributed by atoms with van der Waals surface area (Å²) in [5, 5.41) is 1.97. The zero-order valence-electron chi connectivity index (χ0n) is 7.66. The molecule has 62 valence electrons. The minimum atomic E-state index is 0. The summed E-state index contributed by atoms with van der Waals surface area (Å²) < 4.78 is 0. The van der Waals surface area contributed by atoms with Gasteiger partial charge in [-0.25, -0.2) is 0 Å². The molecule has 1 heterocycles. The molecule has 0 atom stereocenters. The second kappa shape index (κ2) is 6.79. The van der Waals surface area contributed by atoms with Crippen molar-refractivity contribution in [3.8, 4) is 0 Å². The summed E-state index contributed by atoms with van der Waals surface area (Å²) in [5.74, 6) is 0. The van der Waals surface area contributed by atoms with Gasteiger partial charge in [-0.1, -0.05) is 36.9 Å². The summed E-state index contributed by atoms with van der Waals surface area (Å²) in [6.07, 6.45) is 7.07. The maximum absolute atomic E-state index is 7.59. The Morgan fingerprint density at radius 1 is 1.46 bits per heavy atom. The molecule has 0 aromatic carbocycles. The monoisotopic (exact) mass is 183 g/mol. The van der Waals surface area contributed by atoms with Crippen LogP contribution in [0, 0.1) is 0 Å². The van der Waals surface area contributed by atoms with Crippen LogP contribution in [0.25, 0.3) is 11.4 Å². The summed E-state index contributed by atoms with van der Waals surface area (Å²) in [6, 6.07) is 3.88. The van der Waals surface area contributed by atoms with Crippen LogP contribution in [0.4, 0.5) is 0 Å². The summed E-state index contributed by atoms with van der Waals surface area (Å²) >= 11 is 1.57. The van der Waals surface area contributed by atoms with E-state index in [0.29, 0.717) is 5.70 Å². The Bertz CT molecular complexity index is 299. The zero-order valence-corrected chi connectivity index (χ0v) is 8.47. The SMILES string of the molecule is C=C/C=C/C=C(\[NH-])c1cccs1.[Li+]. The standard InChI is InChI=1S/C10H10NS.Li/c1-2-3-4-6-9(11)10-7-5-8-12-10;/h2-8,11H,1H2;/q-1;+1/b4-3+,9-6-;. The van der Waals surface area contributed by atoms with Gasteiger partial charge < -0.3 is 5.73 Å². The topological polar surface area (TPSA) is 23.8 Å². The third kappa shape index (κ3) is 4.19. The fourth-order valence-electron chi connectivity index (χ4n) is 0.744. The molecule has 0 saturated carbocycles. The maximum atomic E-state index is 7.59. The molecule has 1 aromatic heterocycles. The van der Waals surface area contributed by atoms with E-state index in [9.17, 15) is 0 Å². The molecule has 0 aliphatic carbocycles. The molecule has 0 aliphatic rings. The molecule has 0 fully saturated rings. The predicted molar refractivity (Wildman–Crippen MR) is 56.0 cm³/mol. The Kier molecular flexibility index (Phi) is 6.44. The van der Waals surface area contributed by atoms with E-state index in [4.69, 9.17) is 5.73 Å². The van der Waals surface area contributed by atoms with Crippen LogP contribution in [0.3, 0.4) is 0 Å². The molecule has 0 amide bonds. The van der Waals surface area contributed by atoms with Crippen molar-refractivity contribution < 1.29 is 18.9 Å². The zero-order chi connectivity index (χ0) is 8.81. The largest absolute Gasteiger partial charge is 1.00 e. The summed E-state index contributed by atoms with van der Waals surface area (Å²) in [5.41, 5.74) is 8.14. The van der Waals surface area contributed by atoms with E-state index < -0.39 is 0 Å². The summed E-state index contributed by atoms with van der Waals surface area (Å²) in [6.45, 7) is 3.55. The smallest absolute Gasteiger partial charge is 0.698 e. The van der Waals surface area contributed by atoms with Crippen molar-refractivity contribution in [3.63, 3.8) is 0 Å². The fraction of sp³-hybridized carbons (Fsp3) is 0. The Balaban J connectivity index is 0.00000144. The first-order valence-electron chi connectivity index (χ1n) is 3.59. The van der Waals surface area contributed by atoms with Crippen molar-refractivity contribution >= 4 is 17.0 Å². The van der Waals surface area contributed by atoms with Crippen LogP contribution in [0.5, 0.6) is 0 Å². The number of hydrogen-bond acceptors (Lipinski definition) is 1. The van der Waals surface area contributed by atoms with Gasteiger partial charge in [0.1, 0.15) is 0 Å². The van der Waals surface area contributed by atoms with E-state index in [1.807, 2.05) is 29.7 Å². The Morgan fingerprint density at radius 2 is 2.23 bits per heavy atom. The second-order valence-corrected chi connectivity index (χ2v) is 3.13. The number of hydrogen-bond donors (Lipinski definition) is 0. The first-order valence-corrected chi connectivity index (χ1v) is 4.47. The van der Waals surface area contributed by atoms with E-state index >= 15 is 0 Å². The van der Waals surface area contributed by atoms with Gasteiger partial charge in [0.05, 0.1) is 0 Å². The van der Waals surface area contributed by atoms with Gasteiger partial charge in [-0.3, -0.25) is 0 Å². The molecule has 1 nitrogen and oxygen atoms in total. The van der Waals surface area contributed by atoms with Gasteiger partial charge in [-0.2, -0.15) is 0 Å². The van der Waals surface area contributed by atoms with Gasteiger partial charge in [-0.15, -0.1) is 17.0 Å². The van der Waals surface area contributed by atoms with Crippen LogP contribution in [0.15, 0.2) is 48.4 Å². The van der Waals surface area contributed by atoms with Gasteiger partial charge in [0.15, 0.2) is 0 Å². The number of thiophene rings is 1. The molecule has 3 heteroatoms. The number of nitrogens with one attached hydrogen (secondary N) is 1. The quantitative estimate of drug-likeness (QED) is 0.491. The predicted octanol–water partition coefficient (Wildman–Crippen LogP) is 0.887. The van der Waals surface area contributed by atoms with Crippen molar-refractivity contribution in [2.75, 3.05) is 0 Å². The molecule has 0 saturated heterocycles. The van der Waals surface area contributed by atoms with Crippen molar-refractivity contribution in [2.45, 2.75) is 0 Å². The third-order valence-electron chi connectivity index (χ3n) is 1.30. The van der Waals surface area contributed by atoms with Crippen LogP contribution in [0.1, 0.15) is 4.88 Å². The van der Waals surface area contributed by atoms with Gasteiger partial charge in [0.25, 0.3) is 0 Å². The molecule has 1 N–H and O–H groups in total. The third-order valence-corrected chi connectivity index (χ3v) is 2.20. The van der Waals surface area contributed by atoms with Crippen molar-refractivity contribution in [1.29, 1.82) is 0 Å². The van der Waals surface area contributed by atoms with Crippen LogP contribution >= 0.6 is 11.3 Å². The molecular weight excluding hydrogens is 173 g/mol. The van der Waals surface area contributed by atoms with E-state index in [-0.39, 0.29) is 18.9 Å². The molecule has 1 aromatic rings. The van der Waals surface area contributed by atoms with Crippen LogP contribution in [-0.2, 0) is 0 Å². The maximum Gasteiger partial charge on any atom is 1.00 e. The summed E-state index contributed by atoms with van der Waals surface area (Å²) in [4.78, 5) is 0.990. The molecule has 0 unspecified atom stereocenters. The molecule has 13 heavy (non-hydrogen) atoms. The number of rotatable bonds is 3. The van der Waals surface area contributed by atoms with Gasteiger partial charge in [-0.05, 0) is 11.4 Å². The van der Waals surface area contributed by atoms with Gasteiger partial charge in [0.2, 0.25) is 0 Å². The average Bonchev–Trinajstić information content (AvgIpc) is 2.56. The first-order chi connectivity index (χ1) is 5.84. The van der Waals surface area contributed by atoms with Crippen molar-refractivity contribution in [1.82, 2.24) is 0 Å². The minimum Gasteiger partial charge on any atom is -0.698 e. The Morgan fingerprint density at radius 3 is 2.77 bits per heavy atom. The first kappa shape index (κ1) is 12.3. The molecule has 0 radical (unpaired) electrons. The second-order valence-electron chi connectivity index (χ2n) is 2.18. The minimum absolute atomic E-state index is 0.